The number of hydrazine groups is 1. The number of aromatic nitrogens is 4. The highest BCUT2D eigenvalue weighted by Crippen LogP contribution is 2.31. The van der Waals surface area contributed by atoms with Crippen LogP contribution in [-0.4, -0.2) is 61.8 Å². The van der Waals surface area contributed by atoms with Gasteiger partial charge in [-0.2, -0.15) is 5.10 Å². The number of hydrogen-bond acceptors (Lipinski definition) is 6. The predicted molar refractivity (Wildman–Crippen MR) is 123 cm³/mol. The first-order valence-corrected chi connectivity index (χ1v) is 10.8. The number of carbonyl (C=O) groups excluding carboxylic acids is 2. The summed E-state index contributed by atoms with van der Waals surface area (Å²) < 4.78 is 7.09. The smallest absolute Gasteiger partial charge is 0.291 e. The number of fused-ring (bicyclic) bond motifs is 2. The van der Waals surface area contributed by atoms with Crippen LogP contribution in [0.1, 0.15) is 33.0 Å². The molecule has 0 spiro atoms. The van der Waals surface area contributed by atoms with Crippen molar-refractivity contribution >= 4 is 45.4 Å². The molecule has 4 aromatic rings. The lowest BCUT2D eigenvalue weighted by Crippen LogP contribution is -2.45. The Hall–Kier alpha value is -3.72. The standard InChI is InChI=1S/C23H21ClN6O3/c1-13-19-20(24)15(12-25-21(19)28(2)27-13)22(31)29-9-6-10-30(29)23(32)17-11-18(33-3)14-7-4-5-8-16(14)26-17/h4-5,7-8,11-12H,6,9-10H2,1-3H3. The van der Waals surface area contributed by atoms with E-state index in [4.69, 9.17) is 16.3 Å². The largest absolute Gasteiger partial charge is 0.496 e. The number of hydrogen-bond donors (Lipinski definition) is 0. The summed E-state index contributed by atoms with van der Waals surface area (Å²) in [7, 11) is 3.32. The van der Waals surface area contributed by atoms with Gasteiger partial charge in [0.2, 0.25) is 0 Å². The monoisotopic (exact) mass is 464 g/mol. The summed E-state index contributed by atoms with van der Waals surface area (Å²) in [6.07, 6.45) is 2.08. The van der Waals surface area contributed by atoms with Crippen molar-refractivity contribution in [3.63, 3.8) is 0 Å². The molecule has 3 aromatic heterocycles. The van der Waals surface area contributed by atoms with E-state index in [0.29, 0.717) is 47.5 Å². The Kier molecular flexibility index (Phi) is 5.13. The van der Waals surface area contributed by atoms with Crippen molar-refractivity contribution in [3.05, 3.63) is 58.5 Å². The third-order valence-corrected chi connectivity index (χ3v) is 6.20. The Balaban J connectivity index is 1.51. The van der Waals surface area contributed by atoms with Gasteiger partial charge < -0.3 is 4.74 Å². The summed E-state index contributed by atoms with van der Waals surface area (Å²) in [5, 5.41) is 8.87. The van der Waals surface area contributed by atoms with Crippen LogP contribution in [0.3, 0.4) is 0 Å². The van der Waals surface area contributed by atoms with Crippen molar-refractivity contribution in [2.75, 3.05) is 20.2 Å². The summed E-state index contributed by atoms with van der Waals surface area (Å²) in [6, 6.07) is 9.03. The van der Waals surface area contributed by atoms with Gasteiger partial charge in [0.15, 0.2) is 5.65 Å². The molecule has 1 aliphatic heterocycles. The molecule has 0 N–H and O–H groups in total. The maximum absolute atomic E-state index is 13.4. The number of benzene rings is 1. The second kappa shape index (κ2) is 8.00. The molecule has 0 bridgehead atoms. The van der Waals surface area contributed by atoms with Crippen molar-refractivity contribution in [2.45, 2.75) is 13.3 Å². The van der Waals surface area contributed by atoms with Crippen LogP contribution in [0.4, 0.5) is 0 Å². The van der Waals surface area contributed by atoms with Crippen molar-refractivity contribution < 1.29 is 14.3 Å². The first-order chi connectivity index (χ1) is 15.9. The maximum Gasteiger partial charge on any atom is 0.291 e. The molecule has 33 heavy (non-hydrogen) atoms. The van der Waals surface area contributed by atoms with Gasteiger partial charge in [-0.3, -0.25) is 14.3 Å². The van der Waals surface area contributed by atoms with Gasteiger partial charge >= 0.3 is 0 Å². The van der Waals surface area contributed by atoms with Crippen LogP contribution in [0.5, 0.6) is 5.75 Å². The zero-order chi connectivity index (χ0) is 23.3. The second-order valence-corrected chi connectivity index (χ2v) is 8.21. The molecule has 0 atom stereocenters. The Bertz CT molecular complexity index is 1430. The topological polar surface area (TPSA) is 93.5 Å². The fourth-order valence-electron chi connectivity index (χ4n) is 4.24. The molecule has 2 amide bonds. The van der Waals surface area contributed by atoms with Gasteiger partial charge in [0.25, 0.3) is 11.8 Å². The number of rotatable bonds is 3. The van der Waals surface area contributed by atoms with Crippen molar-refractivity contribution in [3.8, 4) is 5.75 Å². The van der Waals surface area contributed by atoms with E-state index in [-0.39, 0.29) is 22.2 Å². The second-order valence-electron chi connectivity index (χ2n) is 7.83. The number of amides is 2. The highest BCUT2D eigenvalue weighted by Gasteiger charge is 2.34. The number of ether oxygens (including phenoxy) is 1. The first kappa shape index (κ1) is 21.1. The normalized spacial score (nSPS) is 13.8. The van der Waals surface area contributed by atoms with Gasteiger partial charge in [-0.05, 0) is 25.5 Å². The minimum Gasteiger partial charge on any atom is -0.496 e. The zero-order valence-corrected chi connectivity index (χ0v) is 19.1. The van der Waals surface area contributed by atoms with Crippen LogP contribution in [0.25, 0.3) is 21.9 Å². The minimum atomic E-state index is -0.392. The maximum atomic E-state index is 13.4. The number of para-hydroxylation sites is 1. The molecule has 1 fully saturated rings. The lowest BCUT2D eigenvalue weighted by atomic mass is 10.1. The van der Waals surface area contributed by atoms with Crippen LogP contribution in [-0.2, 0) is 7.05 Å². The number of halogens is 1. The number of carbonyl (C=O) groups is 2. The minimum absolute atomic E-state index is 0.202. The van der Waals surface area contributed by atoms with E-state index < -0.39 is 5.91 Å². The van der Waals surface area contributed by atoms with Crippen LogP contribution in [0.2, 0.25) is 5.02 Å². The van der Waals surface area contributed by atoms with E-state index in [1.54, 1.807) is 24.9 Å². The fraction of sp³-hybridized carbons (Fsp3) is 0.261. The lowest BCUT2D eigenvalue weighted by molar-refractivity contribution is 0.0182. The van der Waals surface area contributed by atoms with Crippen LogP contribution in [0, 0.1) is 6.92 Å². The molecule has 168 valence electrons. The molecular weight excluding hydrogens is 444 g/mol. The molecule has 1 saturated heterocycles. The van der Waals surface area contributed by atoms with E-state index in [9.17, 15) is 9.59 Å². The van der Waals surface area contributed by atoms with E-state index in [1.165, 1.54) is 16.2 Å². The molecule has 0 saturated carbocycles. The molecule has 9 nitrogen and oxygen atoms in total. The molecule has 5 rings (SSSR count). The Labute approximate surface area is 194 Å². The fourth-order valence-corrected chi connectivity index (χ4v) is 4.60. The Morgan fingerprint density at radius 2 is 1.85 bits per heavy atom. The third kappa shape index (κ3) is 3.36. The number of pyridine rings is 2. The summed E-state index contributed by atoms with van der Waals surface area (Å²) in [6.45, 7) is 2.59. The van der Waals surface area contributed by atoms with Gasteiger partial charge in [-0.25, -0.2) is 20.0 Å². The van der Waals surface area contributed by atoms with Gasteiger partial charge in [-0.1, -0.05) is 23.7 Å². The average Bonchev–Trinajstić information content (AvgIpc) is 3.42. The SMILES string of the molecule is COc1cc(C(=O)N2CCCN2C(=O)c2cnc3c(c(C)nn3C)c2Cl)nc2ccccc12. The van der Waals surface area contributed by atoms with Crippen molar-refractivity contribution in [2.24, 2.45) is 7.05 Å². The summed E-state index contributed by atoms with van der Waals surface area (Å²) in [5.41, 5.74) is 2.34. The molecule has 1 aliphatic rings. The highest BCUT2D eigenvalue weighted by molar-refractivity contribution is 6.38. The van der Waals surface area contributed by atoms with Crippen molar-refractivity contribution in [1.82, 2.24) is 29.8 Å². The van der Waals surface area contributed by atoms with Gasteiger partial charge in [0.05, 0.1) is 34.3 Å². The highest BCUT2D eigenvalue weighted by atomic mass is 35.5. The third-order valence-electron chi connectivity index (χ3n) is 5.81. The van der Waals surface area contributed by atoms with E-state index >= 15 is 0 Å². The van der Waals surface area contributed by atoms with Gasteiger partial charge in [0, 0.05) is 37.8 Å². The number of methoxy groups -OCH3 is 1. The van der Waals surface area contributed by atoms with Crippen LogP contribution < -0.4 is 4.74 Å². The van der Waals surface area contributed by atoms with Gasteiger partial charge in [0.1, 0.15) is 11.4 Å². The summed E-state index contributed by atoms with van der Waals surface area (Å²) >= 11 is 6.61. The van der Waals surface area contributed by atoms with E-state index in [1.807, 2.05) is 31.2 Å². The Morgan fingerprint density at radius 3 is 2.61 bits per heavy atom. The van der Waals surface area contributed by atoms with Gasteiger partial charge in [-0.15, -0.1) is 0 Å². The molecule has 1 aromatic carbocycles. The molecular formula is C23H21ClN6O3. The van der Waals surface area contributed by atoms with Crippen LogP contribution >= 0.6 is 11.6 Å². The summed E-state index contributed by atoms with van der Waals surface area (Å²) in [5.74, 6) is -0.227. The number of nitrogens with zero attached hydrogens (tertiary/aromatic N) is 6. The lowest BCUT2D eigenvalue weighted by Gasteiger charge is -2.28. The van der Waals surface area contributed by atoms with Crippen LogP contribution in [0.15, 0.2) is 36.5 Å². The van der Waals surface area contributed by atoms with E-state index in [0.717, 1.165) is 5.39 Å². The molecule has 10 heteroatoms. The summed E-state index contributed by atoms with van der Waals surface area (Å²) in [4.78, 5) is 35.7. The Morgan fingerprint density at radius 1 is 1.12 bits per heavy atom. The zero-order valence-electron chi connectivity index (χ0n) is 18.4. The van der Waals surface area contributed by atoms with E-state index in [2.05, 4.69) is 15.1 Å². The molecule has 0 radical (unpaired) electrons. The predicted octanol–water partition coefficient (Wildman–Crippen LogP) is 3.39. The molecule has 0 unspecified atom stereocenters. The number of aryl methyl sites for hydroxylation is 2. The van der Waals surface area contributed by atoms with Crippen molar-refractivity contribution in [1.29, 1.82) is 0 Å². The average molecular weight is 465 g/mol. The molecule has 4 heterocycles. The quantitative estimate of drug-likeness (QED) is 0.461. The first-order valence-electron chi connectivity index (χ1n) is 10.5. The molecule has 0 aliphatic carbocycles.